The van der Waals surface area contributed by atoms with Crippen LogP contribution in [0.3, 0.4) is 0 Å². The van der Waals surface area contributed by atoms with Crippen molar-refractivity contribution in [3.63, 3.8) is 0 Å². The molecule has 1 atom stereocenters. The van der Waals surface area contributed by atoms with Crippen molar-refractivity contribution < 1.29 is 0 Å². The molecule has 82 valence electrons. The van der Waals surface area contributed by atoms with Gasteiger partial charge in [-0.05, 0) is 18.8 Å². The van der Waals surface area contributed by atoms with E-state index in [1.165, 1.54) is 23.6 Å². The number of nitrogens with one attached hydrogen (secondary N) is 1. The lowest BCUT2D eigenvalue weighted by Gasteiger charge is -2.16. The Kier molecular flexibility index (Phi) is 1.78. The van der Waals surface area contributed by atoms with Crippen molar-refractivity contribution in [3.8, 4) is 0 Å². The summed E-state index contributed by atoms with van der Waals surface area (Å²) in [6.45, 7) is 8.91. The van der Waals surface area contributed by atoms with E-state index < -0.39 is 0 Å². The van der Waals surface area contributed by atoms with Gasteiger partial charge in [-0.2, -0.15) is 0 Å². The van der Waals surface area contributed by atoms with Crippen LogP contribution in [0.4, 0.5) is 0 Å². The summed E-state index contributed by atoms with van der Waals surface area (Å²) in [6, 6.07) is 0.701. The van der Waals surface area contributed by atoms with Crippen LogP contribution in [-0.4, -0.2) is 16.1 Å². The molecular weight excluding hydrogens is 186 g/mol. The molecule has 0 saturated heterocycles. The summed E-state index contributed by atoms with van der Waals surface area (Å²) in [5.74, 6) is 1.21. The molecule has 1 unspecified atom stereocenters. The van der Waals surface area contributed by atoms with Crippen LogP contribution in [0.5, 0.6) is 0 Å². The van der Waals surface area contributed by atoms with Crippen LogP contribution in [-0.2, 0) is 13.0 Å². The molecule has 0 bridgehead atoms. The lowest BCUT2D eigenvalue weighted by atomic mass is 10.1. The highest BCUT2D eigenvalue weighted by Gasteiger charge is 2.48. The van der Waals surface area contributed by atoms with Crippen LogP contribution in [0.25, 0.3) is 0 Å². The molecule has 3 rings (SSSR count). The molecule has 1 aromatic rings. The molecule has 0 spiro atoms. The summed E-state index contributed by atoms with van der Waals surface area (Å²) >= 11 is 0. The fourth-order valence-electron chi connectivity index (χ4n) is 2.76. The van der Waals surface area contributed by atoms with Gasteiger partial charge in [-0.15, -0.1) is 0 Å². The van der Waals surface area contributed by atoms with Crippen LogP contribution in [0, 0.1) is 12.3 Å². The predicted molar refractivity (Wildman–Crippen MR) is 59.8 cm³/mol. The maximum Gasteiger partial charge on any atom is 0.106 e. The minimum atomic E-state index is 0.490. The number of aryl methyl sites for hydroxylation is 1. The minimum absolute atomic E-state index is 0.490. The fraction of sp³-hybridized carbons (Fsp3) is 0.750. The Bertz CT molecular complexity index is 403. The molecule has 1 fully saturated rings. The number of fused-ring (bicyclic) bond motifs is 1. The maximum absolute atomic E-state index is 4.68. The molecule has 2 aliphatic rings. The van der Waals surface area contributed by atoms with Crippen LogP contribution in [0.1, 0.15) is 43.5 Å². The second-order valence-electron chi connectivity index (χ2n) is 5.56. The van der Waals surface area contributed by atoms with Crippen LogP contribution >= 0.6 is 0 Å². The molecule has 1 aliphatic heterocycles. The van der Waals surface area contributed by atoms with Gasteiger partial charge in [0.2, 0.25) is 0 Å². The van der Waals surface area contributed by atoms with Crippen molar-refractivity contribution in [1.82, 2.24) is 14.9 Å². The van der Waals surface area contributed by atoms with Crippen LogP contribution < -0.4 is 5.32 Å². The second kappa shape index (κ2) is 2.85. The SMILES string of the molecule is Cc1nc2c(n1C1CC1(C)C)CCNC2. The van der Waals surface area contributed by atoms with E-state index in [9.17, 15) is 0 Å². The minimum Gasteiger partial charge on any atom is -0.328 e. The number of hydrogen-bond acceptors (Lipinski definition) is 2. The summed E-state index contributed by atoms with van der Waals surface area (Å²) in [6.07, 6.45) is 2.45. The number of imidazole rings is 1. The van der Waals surface area contributed by atoms with Gasteiger partial charge in [0.25, 0.3) is 0 Å². The topological polar surface area (TPSA) is 29.9 Å². The van der Waals surface area contributed by atoms with Crippen molar-refractivity contribution in [2.24, 2.45) is 5.41 Å². The van der Waals surface area contributed by atoms with Gasteiger partial charge in [0.05, 0.1) is 5.69 Å². The molecule has 0 amide bonds. The van der Waals surface area contributed by atoms with Crippen LogP contribution in [0.15, 0.2) is 0 Å². The van der Waals surface area contributed by atoms with Gasteiger partial charge in [-0.3, -0.25) is 0 Å². The van der Waals surface area contributed by atoms with Gasteiger partial charge in [0.1, 0.15) is 5.82 Å². The zero-order valence-electron chi connectivity index (χ0n) is 9.80. The normalized spacial score (nSPS) is 27.5. The molecule has 1 N–H and O–H groups in total. The third-order valence-corrected chi connectivity index (χ3v) is 3.87. The number of aromatic nitrogens is 2. The largest absolute Gasteiger partial charge is 0.328 e. The van der Waals surface area contributed by atoms with Gasteiger partial charge >= 0.3 is 0 Å². The van der Waals surface area contributed by atoms with E-state index in [4.69, 9.17) is 0 Å². The molecule has 1 aliphatic carbocycles. The van der Waals surface area contributed by atoms with Gasteiger partial charge in [-0.1, -0.05) is 13.8 Å². The van der Waals surface area contributed by atoms with E-state index in [-0.39, 0.29) is 0 Å². The Hall–Kier alpha value is -0.830. The Morgan fingerprint density at radius 1 is 1.47 bits per heavy atom. The zero-order valence-corrected chi connectivity index (χ0v) is 9.80. The second-order valence-corrected chi connectivity index (χ2v) is 5.56. The predicted octanol–water partition coefficient (Wildman–Crippen LogP) is 1.81. The van der Waals surface area contributed by atoms with E-state index >= 15 is 0 Å². The highest BCUT2D eigenvalue weighted by Crippen LogP contribution is 2.56. The van der Waals surface area contributed by atoms with Crippen molar-refractivity contribution in [3.05, 3.63) is 17.2 Å². The molecule has 15 heavy (non-hydrogen) atoms. The standard InChI is InChI=1S/C12H19N3/c1-8-14-9-7-13-5-4-10(9)15(8)11-6-12(11,2)3/h11,13H,4-7H2,1-3H3. The first-order chi connectivity index (χ1) is 7.09. The van der Waals surface area contributed by atoms with E-state index in [1.807, 2.05) is 0 Å². The molecule has 3 heteroatoms. The van der Waals surface area contributed by atoms with Gasteiger partial charge in [0.15, 0.2) is 0 Å². The summed E-state index contributed by atoms with van der Waals surface area (Å²) in [5, 5.41) is 3.39. The Morgan fingerprint density at radius 3 is 2.87 bits per heavy atom. The number of hydrogen-bond donors (Lipinski definition) is 1. The first-order valence-electron chi connectivity index (χ1n) is 5.87. The van der Waals surface area contributed by atoms with Crippen LogP contribution in [0.2, 0.25) is 0 Å². The lowest BCUT2D eigenvalue weighted by molar-refractivity contribution is 0.509. The fourth-order valence-corrected chi connectivity index (χ4v) is 2.76. The third-order valence-electron chi connectivity index (χ3n) is 3.87. The van der Waals surface area contributed by atoms with Crippen molar-refractivity contribution in [2.45, 2.75) is 46.2 Å². The summed E-state index contributed by atoms with van der Waals surface area (Å²) < 4.78 is 2.50. The molecule has 3 nitrogen and oxygen atoms in total. The van der Waals surface area contributed by atoms with Crippen molar-refractivity contribution in [2.75, 3.05) is 6.54 Å². The number of nitrogens with zero attached hydrogens (tertiary/aromatic N) is 2. The van der Waals surface area contributed by atoms with Gasteiger partial charge in [0, 0.05) is 31.2 Å². The smallest absolute Gasteiger partial charge is 0.106 e. The highest BCUT2D eigenvalue weighted by atomic mass is 15.2. The van der Waals surface area contributed by atoms with E-state index in [0.29, 0.717) is 11.5 Å². The summed E-state index contributed by atoms with van der Waals surface area (Å²) in [4.78, 5) is 4.68. The van der Waals surface area contributed by atoms with Gasteiger partial charge < -0.3 is 9.88 Å². The average molecular weight is 205 g/mol. The Balaban J connectivity index is 2.04. The molecular formula is C12H19N3. The zero-order chi connectivity index (χ0) is 10.6. The molecule has 1 saturated carbocycles. The van der Waals surface area contributed by atoms with E-state index in [0.717, 1.165) is 19.5 Å². The Labute approximate surface area is 90.9 Å². The summed E-state index contributed by atoms with van der Waals surface area (Å²) in [7, 11) is 0. The maximum atomic E-state index is 4.68. The highest BCUT2D eigenvalue weighted by molar-refractivity contribution is 5.23. The third kappa shape index (κ3) is 1.33. The lowest BCUT2D eigenvalue weighted by Crippen LogP contribution is -2.25. The average Bonchev–Trinajstić information content (AvgIpc) is 2.68. The van der Waals surface area contributed by atoms with E-state index in [2.05, 4.69) is 35.6 Å². The molecule has 0 radical (unpaired) electrons. The first kappa shape index (κ1) is 9.40. The summed E-state index contributed by atoms with van der Waals surface area (Å²) in [5.41, 5.74) is 3.26. The monoisotopic (exact) mass is 205 g/mol. The quantitative estimate of drug-likeness (QED) is 0.757. The van der Waals surface area contributed by atoms with E-state index in [1.54, 1.807) is 0 Å². The molecule has 1 aromatic heterocycles. The van der Waals surface area contributed by atoms with Crippen molar-refractivity contribution in [1.29, 1.82) is 0 Å². The first-order valence-corrected chi connectivity index (χ1v) is 5.87. The van der Waals surface area contributed by atoms with Crippen molar-refractivity contribution >= 4 is 0 Å². The Morgan fingerprint density at radius 2 is 2.20 bits per heavy atom. The molecule has 0 aromatic carbocycles. The number of rotatable bonds is 1. The van der Waals surface area contributed by atoms with Gasteiger partial charge in [-0.25, -0.2) is 4.98 Å². The molecule has 2 heterocycles.